The van der Waals surface area contributed by atoms with Gasteiger partial charge in [-0.2, -0.15) is 0 Å². The molecule has 1 aromatic heterocycles. The third-order valence-electron chi connectivity index (χ3n) is 2.50. The number of benzene rings is 1. The Morgan fingerprint density at radius 1 is 1.22 bits per heavy atom. The summed E-state index contributed by atoms with van der Waals surface area (Å²) in [5.74, 6) is 0.136. The average molecular weight is 285 g/mol. The molecule has 0 aliphatic rings. The van der Waals surface area contributed by atoms with Crippen molar-refractivity contribution in [2.24, 2.45) is 0 Å². The maximum Gasteiger partial charge on any atom is 0.123 e. The molecule has 1 heterocycles. The number of aliphatic hydroxyl groups excluding tert-OH is 1. The minimum Gasteiger partial charge on any atom is -0.508 e. The van der Waals surface area contributed by atoms with E-state index in [1.165, 1.54) is 24.4 Å². The van der Waals surface area contributed by atoms with Gasteiger partial charge in [0.2, 0.25) is 0 Å². The lowest BCUT2D eigenvalue weighted by Gasteiger charge is -2.15. The number of anilines is 1. The molecule has 0 aliphatic carbocycles. The minimum absolute atomic E-state index is 0.111. The summed E-state index contributed by atoms with van der Waals surface area (Å²) in [6.45, 7) is 0. The number of pyridine rings is 1. The van der Waals surface area contributed by atoms with Crippen molar-refractivity contribution in [1.82, 2.24) is 4.98 Å². The summed E-state index contributed by atoms with van der Waals surface area (Å²) in [5, 5.41) is 20.3. The molecule has 0 aliphatic heterocycles. The molecule has 6 heteroatoms. The third-order valence-corrected chi connectivity index (χ3v) is 3.32. The van der Waals surface area contributed by atoms with Crippen molar-refractivity contribution in [3.8, 4) is 5.75 Å². The number of nitrogens with two attached hydrogens (primary N) is 1. The number of phenols is 1. The van der Waals surface area contributed by atoms with Crippen LogP contribution in [0.5, 0.6) is 5.75 Å². The van der Waals surface area contributed by atoms with Crippen LogP contribution < -0.4 is 5.73 Å². The zero-order chi connectivity index (χ0) is 13.3. The van der Waals surface area contributed by atoms with Crippen molar-refractivity contribution in [2.45, 2.75) is 6.10 Å². The molecule has 1 unspecified atom stereocenters. The standard InChI is InChI=1S/C12H10Cl2N2O2/c13-7-1-2-8(17)10(11(7)14)12(18)6-3-4-16-9(15)5-6/h1-5,12,17-18H,(H2,15,16). The average Bonchev–Trinajstić information content (AvgIpc) is 2.34. The SMILES string of the molecule is Nc1cc(C(O)c2c(O)ccc(Cl)c2Cl)ccn1. The molecule has 1 aromatic carbocycles. The van der Waals surface area contributed by atoms with Crippen LogP contribution >= 0.6 is 23.2 Å². The second kappa shape index (κ2) is 5.02. The molecular formula is C12H10Cl2N2O2. The van der Waals surface area contributed by atoms with Gasteiger partial charge in [-0.15, -0.1) is 0 Å². The molecule has 18 heavy (non-hydrogen) atoms. The summed E-state index contributed by atoms with van der Waals surface area (Å²) in [5.41, 5.74) is 6.16. The highest BCUT2D eigenvalue weighted by atomic mass is 35.5. The second-order valence-electron chi connectivity index (χ2n) is 3.71. The van der Waals surface area contributed by atoms with Gasteiger partial charge in [-0.05, 0) is 29.8 Å². The van der Waals surface area contributed by atoms with Gasteiger partial charge >= 0.3 is 0 Å². The Labute approximate surface area is 114 Å². The van der Waals surface area contributed by atoms with Crippen LogP contribution in [-0.4, -0.2) is 15.2 Å². The monoisotopic (exact) mass is 284 g/mol. The zero-order valence-electron chi connectivity index (χ0n) is 9.14. The van der Waals surface area contributed by atoms with Gasteiger partial charge in [-0.3, -0.25) is 0 Å². The van der Waals surface area contributed by atoms with Crippen molar-refractivity contribution in [3.05, 3.63) is 51.6 Å². The highest BCUT2D eigenvalue weighted by Gasteiger charge is 2.20. The Morgan fingerprint density at radius 3 is 2.61 bits per heavy atom. The number of phenolic OH excluding ortho intramolecular Hbond substituents is 1. The first-order valence-corrected chi connectivity index (χ1v) is 5.82. The van der Waals surface area contributed by atoms with Crippen LogP contribution in [0.15, 0.2) is 30.5 Å². The smallest absolute Gasteiger partial charge is 0.123 e. The van der Waals surface area contributed by atoms with Crippen molar-refractivity contribution < 1.29 is 10.2 Å². The molecule has 2 aromatic rings. The number of nitrogens with zero attached hydrogens (tertiary/aromatic N) is 1. The molecule has 0 saturated heterocycles. The lowest BCUT2D eigenvalue weighted by atomic mass is 10.0. The van der Waals surface area contributed by atoms with E-state index in [0.29, 0.717) is 5.56 Å². The molecule has 2 rings (SSSR count). The molecule has 0 fully saturated rings. The van der Waals surface area contributed by atoms with E-state index in [1.807, 2.05) is 0 Å². The van der Waals surface area contributed by atoms with Gasteiger partial charge in [0.25, 0.3) is 0 Å². The maximum absolute atomic E-state index is 10.2. The third kappa shape index (κ3) is 2.36. The van der Waals surface area contributed by atoms with Crippen LogP contribution in [0.25, 0.3) is 0 Å². The molecule has 0 radical (unpaired) electrons. The fourth-order valence-corrected chi connectivity index (χ4v) is 2.05. The predicted molar refractivity (Wildman–Crippen MR) is 70.8 cm³/mol. The van der Waals surface area contributed by atoms with Crippen LogP contribution in [0.1, 0.15) is 17.2 Å². The fraction of sp³-hybridized carbons (Fsp3) is 0.0833. The number of hydrogen-bond donors (Lipinski definition) is 3. The summed E-state index contributed by atoms with van der Waals surface area (Å²) in [4.78, 5) is 3.82. The number of rotatable bonds is 2. The minimum atomic E-state index is -1.12. The molecule has 0 amide bonds. The predicted octanol–water partition coefficient (Wildman–Crippen LogP) is 2.76. The van der Waals surface area contributed by atoms with Gasteiger partial charge in [0.15, 0.2) is 0 Å². The van der Waals surface area contributed by atoms with Gasteiger partial charge in [-0.25, -0.2) is 4.98 Å². The molecule has 0 spiro atoms. The summed E-state index contributed by atoms with van der Waals surface area (Å²) in [7, 11) is 0. The van der Waals surface area contributed by atoms with E-state index >= 15 is 0 Å². The van der Waals surface area contributed by atoms with Crippen molar-refractivity contribution in [2.75, 3.05) is 5.73 Å². The highest BCUT2D eigenvalue weighted by molar-refractivity contribution is 6.42. The zero-order valence-corrected chi connectivity index (χ0v) is 10.7. The van der Waals surface area contributed by atoms with Crippen molar-refractivity contribution in [3.63, 3.8) is 0 Å². The maximum atomic E-state index is 10.2. The number of aliphatic hydroxyl groups is 1. The molecule has 4 N–H and O–H groups in total. The van der Waals surface area contributed by atoms with Crippen LogP contribution in [0, 0.1) is 0 Å². The first kappa shape index (κ1) is 13.0. The fourth-order valence-electron chi connectivity index (χ4n) is 1.62. The van der Waals surface area contributed by atoms with Crippen LogP contribution in [0.4, 0.5) is 5.82 Å². The first-order valence-electron chi connectivity index (χ1n) is 5.07. The number of aromatic hydroxyl groups is 1. The molecule has 4 nitrogen and oxygen atoms in total. The van der Waals surface area contributed by atoms with E-state index in [-0.39, 0.29) is 27.2 Å². The Kier molecular flexibility index (Phi) is 3.61. The molecule has 0 bridgehead atoms. The summed E-state index contributed by atoms with van der Waals surface area (Å²) in [6, 6.07) is 5.91. The normalized spacial score (nSPS) is 12.4. The van der Waals surface area contributed by atoms with Gasteiger partial charge < -0.3 is 15.9 Å². The number of nitrogen functional groups attached to an aromatic ring is 1. The largest absolute Gasteiger partial charge is 0.508 e. The van der Waals surface area contributed by atoms with E-state index < -0.39 is 6.10 Å². The summed E-state index contributed by atoms with van der Waals surface area (Å²) >= 11 is 11.8. The Hall–Kier alpha value is -1.49. The quantitative estimate of drug-likeness (QED) is 0.792. The van der Waals surface area contributed by atoms with Gasteiger partial charge in [-0.1, -0.05) is 23.2 Å². The Bertz CT molecular complexity index is 590. The Balaban J connectivity index is 2.52. The van der Waals surface area contributed by atoms with E-state index in [0.717, 1.165) is 0 Å². The summed E-state index contributed by atoms with van der Waals surface area (Å²) in [6.07, 6.45) is 0.338. The molecule has 0 saturated carbocycles. The number of aromatic nitrogens is 1. The lowest BCUT2D eigenvalue weighted by molar-refractivity contribution is 0.215. The van der Waals surface area contributed by atoms with Crippen LogP contribution in [0.2, 0.25) is 10.0 Å². The number of halogens is 2. The molecule has 1 atom stereocenters. The van der Waals surface area contributed by atoms with Crippen molar-refractivity contribution in [1.29, 1.82) is 0 Å². The van der Waals surface area contributed by atoms with Gasteiger partial charge in [0.1, 0.15) is 17.7 Å². The van der Waals surface area contributed by atoms with Crippen LogP contribution in [-0.2, 0) is 0 Å². The first-order chi connectivity index (χ1) is 8.50. The van der Waals surface area contributed by atoms with Crippen molar-refractivity contribution >= 4 is 29.0 Å². The number of hydrogen-bond acceptors (Lipinski definition) is 4. The van der Waals surface area contributed by atoms with E-state index in [2.05, 4.69) is 4.98 Å². The molecular weight excluding hydrogens is 275 g/mol. The van der Waals surface area contributed by atoms with E-state index in [9.17, 15) is 10.2 Å². The van der Waals surface area contributed by atoms with E-state index in [1.54, 1.807) is 6.07 Å². The van der Waals surface area contributed by atoms with Gasteiger partial charge in [0, 0.05) is 11.8 Å². The second-order valence-corrected chi connectivity index (χ2v) is 4.50. The Morgan fingerprint density at radius 2 is 1.94 bits per heavy atom. The lowest BCUT2D eigenvalue weighted by Crippen LogP contribution is -2.03. The van der Waals surface area contributed by atoms with Crippen LogP contribution in [0.3, 0.4) is 0 Å². The molecule has 94 valence electrons. The summed E-state index contributed by atoms with van der Waals surface area (Å²) < 4.78 is 0. The highest BCUT2D eigenvalue weighted by Crippen LogP contribution is 2.39. The van der Waals surface area contributed by atoms with Gasteiger partial charge in [0.05, 0.1) is 10.0 Å². The topological polar surface area (TPSA) is 79.4 Å². The van der Waals surface area contributed by atoms with E-state index in [4.69, 9.17) is 28.9 Å².